The summed E-state index contributed by atoms with van der Waals surface area (Å²) in [6, 6.07) is 5.19. The first-order chi connectivity index (χ1) is 6.59. The lowest BCUT2D eigenvalue weighted by Gasteiger charge is -2.18. The van der Waals surface area contributed by atoms with Crippen LogP contribution < -0.4 is 5.73 Å². The van der Waals surface area contributed by atoms with E-state index in [1.54, 1.807) is 18.2 Å². The summed E-state index contributed by atoms with van der Waals surface area (Å²) in [4.78, 5) is 13.2. The molecule has 2 rings (SSSR count). The lowest BCUT2D eigenvalue weighted by molar-refractivity contribution is -0.00335. The molecule has 2 N–H and O–H groups in total. The molecule has 1 aromatic rings. The molecule has 0 bridgehead atoms. The summed E-state index contributed by atoms with van der Waals surface area (Å²) in [6.07, 6.45) is -0.305. The van der Waals surface area contributed by atoms with Gasteiger partial charge in [0.15, 0.2) is 6.23 Å². The van der Waals surface area contributed by atoms with Crippen LogP contribution in [0.3, 0.4) is 0 Å². The van der Waals surface area contributed by atoms with Gasteiger partial charge in [-0.1, -0.05) is 0 Å². The van der Waals surface area contributed by atoms with Crippen LogP contribution in [0.4, 0.5) is 5.69 Å². The minimum absolute atomic E-state index is 0.279. The van der Waals surface area contributed by atoms with Gasteiger partial charge in [-0.2, -0.15) is 0 Å². The summed E-state index contributed by atoms with van der Waals surface area (Å²) < 4.78 is 5.18. The molecule has 14 heavy (non-hydrogen) atoms. The number of esters is 1. The number of hydrogen-bond acceptors (Lipinski definition) is 4. The van der Waals surface area contributed by atoms with Gasteiger partial charge >= 0.3 is 5.97 Å². The highest BCUT2D eigenvalue weighted by Crippen LogP contribution is 2.32. The second-order valence-corrected chi connectivity index (χ2v) is 3.57. The lowest BCUT2D eigenvalue weighted by Crippen LogP contribution is -2.19. The lowest BCUT2D eigenvalue weighted by atomic mass is 10.1. The van der Waals surface area contributed by atoms with E-state index in [4.69, 9.17) is 10.5 Å². The molecule has 0 aromatic heterocycles. The maximum atomic E-state index is 11.4. The Hall–Kier alpha value is -1.55. The van der Waals surface area contributed by atoms with E-state index in [0.717, 1.165) is 5.56 Å². The highest BCUT2D eigenvalue weighted by Gasteiger charge is 2.32. The number of nitrogens with zero attached hydrogens (tertiary/aromatic N) is 1. The number of fused-ring (bicyclic) bond motifs is 1. The summed E-state index contributed by atoms with van der Waals surface area (Å²) >= 11 is 0. The standard InChI is InChI=1S/C10H12N2O2/c1-12(2)9-8-5-6(11)3-4-7(8)10(13)14-9/h3-5,9H,11H2,1-2H3. The van der Waals surface area contributed by atoms with Crippen LogP contribution in [0.5, 0.6) is 0 Å². The van der Waals surface area contributed by atoms with Gasteiger partial charge in [0.2, 0.25) is 0 Å². The molecule has 0 radical (unpaired) electrons. The van der Waals surface area contributed by atoms with Crippen LogP contribution in [0.2, 0.25) is 0 Å². The Bertz CT molecular complexity index is 388. The Kier molecular flexibility index (Phi) is 1.93. The summed E-state index contributed by atoms with van der Waals surface area (Å²) in [5, 5.41) is 0. The third-order valence-electron chi connectivity index (χ3n) is 2.25. The molecule has 0 spiro atoms. The molecule has 4 nitrogen and oxygen atoms in total. The smallest absolute Gasteiger partial charge is 0.340 e. The number of ether oxygens (including phenoxy) is 1. The Morgan fingerprint density at radius 3 is 2.79 bits per heavy atom. The van der Waals surface area contributed by atoms with Crippen molar-refractivity contribution in [1.29, 1.82) is 0 Å². The number of benzene rings is 1. The first-order valence-corrected chi connectivity index (χ1v) is 4.36. The molecule has 1 aromatic carbocycles. The molecule has 0 amide bonds. The zero-order valence-electron chi connectivity index (χ0n) is 8.15. The minimum Gasteiger partial charge on any atom is -0.438 e. The molecular formula is C10H12N2O2. The van der Waals surface area contributed by atoms with Gasteiger partial charge < -0.3 is 10.5 Å². The average Bonchev–Trinajstić information content (AvgIpc) is 2.43. The quantitative estimate of drug-likeness (QED) is 0.532. The molecule has 0 saturated carbocycles. The van der Waals surface area contributed by atoms with E-state index in [-0.39, 0.29) is 12.2 Å². The molecule has 0 aliphatic carbocycles. The number of nitrogens with two attached hydrogens (primary N) is 1. The van der Waals surface area contributed by atoms with Crippen LogP contribution in [0, 0.1) is 0 Å². The number of hydrogen-bond donors (Lipinski definition) is 1. The van der Waals surface area contributed by atoms with E-state index in [9.17, 15) is 4.79 Å². The predicted molar refractivity (Wildman–Crippen MR) is 52.7 cm³/mol. The summed E-state index contributed by atoms with van der Waals surface area (Å²) in [5.41, 5.74) is 7.76. The predicted octanol–water partition coefficient (Wildman–Crippen LogP) is 0.999. The van der Waals surface area contributed by atoms with Crippen molar-refractivity contribution in [3.63, 3.8) is 0 Å². The van der Waals surface area contributed by atoms with Crippen molar-refractivity contribution in [2.75, 3.05) is 19.8 Å². The van der Waals surface area contributed by atoms with E-state index in [1.165, 1.54) is 0 Å². The third-order valence-corrected chi connectivity index (χ3v) is 2.25. The molecule has 74 valence electrons. The van der Waals surface area contributed by atoms with Gasteiger partial charge in [-0.05, 0) is 32.3 Å². The van der Waals surface area contributed by atoms with E-state index in [1.807, 2.05) is 19.0 Å². The number of cyclic esters (lactones) is 1. The van der Waals surface area contributed by atoms with Gasteiger partial charge in [0, 0.05) is 11.3 Å². The number of rotatable bonds is 1. The van der Waals surface area contributed by atoms with Gasteiger partial charge in [0.05, 0.1) is 5.56 Å². The Morgan fingerprint density at radius 2 is 2.14 bits per heavy atom. The number of nitrogen functional groups attached to an aromatic ring is 1. The molecule has 0 saturated heterocycles. The zero-order valence-corrected chi connectivity index (χ0v) is 8.15. The zero-order chi connectivity index (χ0) is 10.3. The SMILES string of the molecule is CN(C)C1OC(=O)c2ccc(N)cc21. The molecule has 0 fully saturated rings. The van der Waals surface area contributed by atoms with E-state index < -0.39 is 0 Å². The molecule has 1 aliphatic rings. The highest BCUT2D eigenvalue weighted by atomic mass is 16.6. The van der Waals surface area contributed by atoms with Crippen LogP contribution in [-0.2, 0) is 4.74 Å². The minimum atomic E-state index is -0.305. The van der Waals surface area contributed by atoms with Crippen LogP contribution in [-0.4, -0.2) is 25.0 Å². The maximum Gasteiger partial charge on any atom is 0.340 e. The van der Waals surface area contributed by atoms with Crippen LogP contribution in [0.1, 0.15) is 22.1 Å². The fraction of sp³-hybridized carbons (Fsp3) is 0.300. The topological polar surface area (TPSA) is 55.6 Å². The highest BCUT2D eigenvalue weighted by molar-refractivity contribution is 5.94. The third kappa shape index (κ3) is 1.24. The van der Waals surface area contributed by atoms with Crippen molar-refractivity contribution >= 4 is 11.7 Å². The molecule has 1 atom stereocenters. The van der Waals surface area contributed by atoms with Crippen molar-refractivity contribution in [2.24, 2.45) is 0 Å². The van der Waals surface area contributed by atoms with Gasteiger partial charge in [-0.3, -0.25) is 4.90 Å². The molecule has 4 heteroatoms. The normalized spacial score (nSPS) is 19.6. The fourth-order valence-corrected chi connectivity index (χ4v) is 1.58. The van der Waals surface area contributed by atoms with Gasteiger partial charge in [-0.15, -0.1) is 0 Å². The van der Waals surface area contributed by atoms with Crippen molar-refractivity contribution in [2.45, 2.75) is 6.23 Å². The summed E-state index contributed by atoms with van der Waals surface area (Å²) in [5.74, 6) is -0.279. The van der Waals surface area contributed by atoms with Crippen LogP contribution in [0.25, 0.3) is 0 Å². The monoisotopic (exact) mass is 192 g/mol. The van der Waals surface area contributed by atoms with Crippen LogP contribution in [0.15, 0.2) is 18.2 Å². The summed E-state index contributed by atoms with van der Waals surface area (Å²) in [6.45, 7) is 0. The molecular weight excluding hydrogens is 180 g/mol. The fourth-order valence-electron chi connectivity index (χ4n) is 1.58. The average molecular weight is 192 g/mol. The van der Waals surface area contributed by atoms with Crippen molar-refractivity contribution in [3.8, 4) is 0 Å². The Morgan fingerprint density at radius 1 is 1.43 bits per heavy atom. The number of carbonyl (C=O) groups is 1. The van der Waals surface area contributed by atoms with Gasteiger partial charge in [-0.25, -0.2) is 4.79 Å². The number of carbonyl (C=O) groups excluding carboxylic acids is 1. The first kappa shape index (κ1) is 9.02. The second-order valence-electron chi connectivity index (χ2n) is 3.57. The number of anilines is 1. The summed E-state index contributed by atoms with van der Waals surface area (Å²) in [7, 11) is 3.71. The molecule has 1 heterocycles. The molecule has 1 unspecified atom stereocenters. The van der Waals surface area contributed by atoms with E-state index >= 15 is 0 Å². The second kappa shape index (κ2) is 2.99. The van der Waals surface area contributed by atoms with Crippen LogP contribution >= 0.6 is 0 Å². The van der Waals surface area contributed by atoms with Crippen molar-refractivity contribution < 1.29 is 9.53 Å². The Balaban J connectivity index is 2.51. The van der Waals surface area contributed by atoms with Crippen molar-refractivity contribution in [3.05, 3.63) is 29.3 Å². The van der Waals surface area contributed by atoms with E-state index in [2.05, 4.69) is 0 Å². The van der Waals surface area contributed by atoms with Crippen molar-refractivity contribution in [1.82, 2.24) is 4.90 Å². The van der Waals surface area contributed by atoms with E-state index in [0.29, 0.717) is 11.3 Å². The maximum absolute atomic E-state index is 11.4. The largest absolute Gasteiger partial charge is 0.438 e. The Labute approximate surface area is 82.3 Å². The van der Waals surface area contributed by atoms with Gasteiger partial charge in [0.1, 0.15) is 0 Å². The first-order valence-electron chi connectivity index (χ1n) is 4.36. The molecule has 1 aliphatic heterocycles. The van der Waals surface area contributed by atoms with Gasteiger partial charge in [0.25, 0.3) is 0 Å².